The Balaban J connectivity index is 1.51. The maximum absolute atomic E-state index is 12.3. The summed E-state index contributed by atoms with van der Waals surface area (Å²) >= 11 is 1.60. The molecule has 3 aromatic rings. The summed E-state index contributed by atoms with van der Waals surface area (Å²) in [6.07, 6.45) is 5.75. The van der Waals surface area contributed by atoms with Gasteiger partial charge in [-0.2, -0.15) is 5.26 Å². The highest BCUT2D eigenvalue weighted by molar-refractivity contribution is 7.09. The molecule has 1 aromatic carbocycles. The van der Waals surface area contributed by atoms with E-state index in [0.717, 1.165) is 22.0 Å². The highest BCUT2D eigenvalue weighted by atomic mass is 32.1. The van der Waals surface area contributed by atoms with Crippen molar-refractivity contribution in [2.75, 3.05) is 11.9 Å². The van der Waals surface area contributed by atoms with E-state index in [9.17, 15) is 4.79 Å². The van der Waals surface area contributed by atoms with E-state index in [1.54, 1.807) is 35.7 Å². The number of amides is 1. The summed E-state index contributed by atoms with van der Waals surface area (Å²) in [4.78, 5) is 20.8. The Morgan fingerprint density at radius 2 is 2.10 bits per heavy atom. The molecule has 0 aliphatic rings. The first-order chi connectivity index (χ1) is 15.1. The summed E-state index contributed by atoms with van der Waals surface area (Å²) in [7, 11) is 0. The van der Waals surface area contributed by atoms with Gasteiger partial charge in [0.2, 0.25) is 5.91 Å². The fraction of sp³-hybridized carbons (Fsp3) is 0.217. The maximum Gasteiger partial charge on any atom is 0.249 e. The predicted molar refractivity (Wildman–Crippen MR) is 120 cm³/mol. The van der Waals surface area contributed by atoms with E-state index >= 15 is 0 Å². The molecule has 0 radical (unpaired) electrons. The molecule has 2 heterocycles. The summed E-state index contributed by atoms with van der Waals surface area (Å²) in [5.41, 5.74) is 1.77. The quantitative estimate of drug-likeness (QED) is 0.365. The van der Waals surface area contributed by atoms with Gasteiger partial charge in [-0.3, -0.25) is 4.79 Å². The van der Waals surface area contributed by atoms with Gasteiger partial charge >= 0.3 is 0 Å². The Bertz CT molecular complexity index is 1070. The van der Waals surface area contributed by atoms with Gasteiger partial charge < -0.3 is 14.8 Å². The average Bonchev–Trinajstić information content (AvgIpc) is 3.21. The molecule has 2 aromatic heterocycles. The zero-order valence-corrected chi connectivity index (χ0v) is 17.9. The second-order valence-corrected chi connectivity index (χ2v) is 7.56. The van der Waals surface area contributed by atoms with E-state index in [1.165, 1.54) is 6.08 Å². The zero-order chi connectivity index (χ0) is 21.9. The van der Waals surface area contributed by atoms with Crippen LogP contribution in [0.3, 0.4) is 0 Å². The third kappa shape index (κ3) is 7.24. The molecule has 0 saturated heterocycles. The number of ether oxygens (including phenoxy) is 2. The second-order valence-electron chi connectivity index (χ2n) is 6.50. The third-order valence-corrected chi connectivity index (χ3v) is 4.89. The van der Waals surface area contributed by atoms with Crippen LogP contribution in [-0.4, -0.2) is 22.5 Å². The van der Waals surface area contributed by atoms with Gasteiger partial charge in [-0.1, -0.05) is 12.1 Å². The van der Waals surface area contributed by atoms with E-state index in [0.29, 0.717) is 37.6 Å². The number of carbonyl (C=O) groups excluding carboxylic acids is 1. The molecule has 0 fully saturated rings. The molecule has 0 aliphatic heterocycles. The molecule has 31 heavy (non-hydrogen) atoms. The van der Waals surface area contributed by atoms with Crippen LogP contribution in [0, 0.1) is 18.3 Å². The van der Waals surface area contributed by atoms with Crippen LogP contribution in [-0.2, 0) is 11.4 Å². The van der Waals surface area contributed by atoms with Crippen LogP contribution >= 0.6 is 11.3 Å². The van der Waals surface area contributed by atoms with Crippen LogP contribution in [0.15, 0.2) is 54.1 Å². The number of aryl methyl sites for hydroxylation is 1. The standard InChI is InChI=1S/C23H22N4O3S/c1-17-26-19(16-31-17)15-30-20-9-6-18(7-10-20)8-11-22(28)27-23-21(5-4-13-25-23)29-14-3-2-12-24/h4-11,13,16H,2-3,14-15H2,1H3,(H,25,27,28). The van der Waals surface area contributed by atoms with E-state index in [1.807, 2.05) is 36.6 Å². The Morgan fingerprint density at radius 3 is 2.84 bits per heavy atom. The highest BCUT2D eigenvalue weighted by Gasteiger charge is 2.07. The van der Waals surface area contributed by atoms with Gasteiger partial charge in [-0.15, -0.1) is 11.3 Å². The molecule has 0 saturated carbocycles. The molecule has 158 valence electrons. The van der Waals surface area contributed by atoms with E-state index in [2.05, 4.69) is 21.4 Å². The van der Waals surface area contributed by atoms with Crippen molar-refractivity contribution < 1.29 is 14.3 Å². The van der Waals surface area contributed by atoms with E-state index in [-0.39, 0.29) is 5.91 Å². The number of hydrogen-bond acceptors (Lipinski definition) is 7. The smallest absolute Gasteiger partial charge is 0.249 e. The monoisotopic (exact) mass is 434 g/mol. The van der Waals surface area contributed by atoms with Crippen molar-refractivity contribution in [3.8, 4) is 17.6 Å². The highest BCUT2D eigenvalue weighted by Crippen LogP contribution is 2.21. The molecule has 1 N–H and O–H groups in total. The van der Waals surface area contributed by atoms with Crippen LogP contribution in [0.1, 0.15) is 29.1 Å². The number of pyridine rings is 1. The van der Waals surface area contributed by atoms with Crippen molar-refractivity contribution in [2.45, 2.75) is 26.4 Å². The first-order valence-corrected chi connectivity index (χ1v) is 10.6. The average molecular weight is 435 g/mol. The summed E-state index contributed by atoms with van der Waals surface area (Å²) in [6.45, 7) is 2.77. The van der Waals surface area contributed by atoms with Gasteiger partial charge in [0.1, 0.15) is 12.4 Å². The van der Waals surface area contributed by atoms with Gasteiger partial charge in [0.15, 0.2) is 11.6 Å². The van der Waals surface area contributed by atoms with Crippen molar-refractivity contribution in [1.82, 2.24) is 9.97 Å². The van der Waals surface area contributed by atoms with Gasteiger partial charge in [-0.25, -0.2) is 9.97 Å². The lowest BCUT2D eigenvalue weighted by atomic mass is 10.2. The minimum atomic E-state index is -0.320. The topological polar surface area (TPSA) is 97.1 Å². The summed E-state index contributed by atoms with van der Waals surface area (Å²) in [5.74, 6) is 1.23. The van der Waals surface area contributed by atoms with Gasteiger partial charge in [-0.05, 0) is 49.2 Å². The third-order valence-electron chi connectivity index (χ3n) is 4.06. The molecule has 0 bridgehead atoms. The number of thiazole rings is 1. The first-order valence-electron chi connectivity index (χ1n) is 9.72. The van der Waals surface area contributed by atoms with Crippen LogP contribution < -0.4 is 14.8 Å². The van der Waals surface area contributed by atoms with E-state index < -0.39 is 0 Å². The van der Waals surface area contributed by atoms with Gasteiger partial charge in [0.25, 0.3) is 0 Å². The lowest BCUT2D eigenvalue weighted by Crippen LogP contribution is -2.11. The van der Waals surface area contributed by atoms with E-state index in [4.69, 9.17) is 14.7 Å². The number of benzene rings is 1. The number of nitrogens with zero attached hydrogens (tertiary/aromatic N) is 3. The first kappa shape index (κ1) is 22.0. The molecule has 3 rings (SSSR count). The number of unbranched alkanes of at least 4 members (excludes halogenated alkanes) is 1. The minimum Gasteiger partial charge on any atom is -0.490 e. The molecule has 1 amide bonds. The largest absolute Gasteiger partial charge is 0.490 e. The van der Waals surface area contributed by atoms with Crippen molar-refractivity contribution in [2.24, 2.45) is 0 Å². The molecular weight excluding hydrogens is 412 g/mol. The number of nitrogens with one attached hydrogen (secondary N) is 1. The maximum atomic E-state index is 12.3. The van der Waals surface area contributed by atoms with Gasteiger partial charge in [0.05, 0.1) is 23.4 Å². The Morgan fingerprint density at radius 1 is 1.26 bits per heavy atom. The molecule has 0 aliphatic carbocycles. The number of nitriles is 1. The van der Waals surface area contributed by atoms with Crippen LogP contribution in [0.25, 0.3) is 6.08 Å². The number of rotatable bonds is 10. The normalized spacial score (nSPS) is 10.6. The Hall–Kier alpha value is -3.70. The number of carbonyl (C=O) groups is 1. The lowest BCUT2D eigenvalue weighted by Gasteiger charge is -2.09. The van der Waals surface area contributed by atoms with Crippen LogP contribution in [0.5, 0.6) is 11.5 Å². The van der Waals surface area contributed by atoms with Crippen LogP contribution in [0.2, 0.25) is 0 Å². The number of hydrogen-bond donors (Lipinski definition) is 1. The van der Waals surface area contributed by atoms with Crippen molar-refractivity contribution in [1.29, 1.82) is 5.26 Å². The SMILES string of the molecule is Cc1nc(COc2ccc(C=CC(=O)Nc3ncccc3OCCCC#N)cc2)cs1. The Kier molecular flexibility index (Phi) is 8.14. The predicted octanol–water partition coefficient (Wildman–Crippen LogP) is 4.76. The van der Waals surface area contributed by atoms with Crippen LogP contribution in [0.4, 0.5) is 5.82 Å². The fourth-order valence-corrected chi connectivity index (χ4v) is 3.17. The molecule has 8 heteroatoms. The fourth-order valence-electron chi connectivity index (χ4n) is 2.57. The molecule has 0 atom stereocenters. The van der Waals surface area contributed by atoms with Crippen molar-refractivity contribution >= 4 is 29.1 Å². The zero-order valence-electron chi connectivity index (χ0n) is 17.1. The molecule has 0 spiro atoms. The van der Waals surface area contributed by atoms with Crippen molar-refractivity contribution in [3.63, 3.8) is 0 Å². The number of anilines is 1. The summed E-state index contributed by atoms with van der Waals surface area (Å²) in [5, 5.41) is 14.3. The number of aromatic nitrogens is 2. The lowest BCUT2D eigenvalue weighted by molar-refractivity contribution is -0.111. The molecular formula is C23H22N4O3S. The molecule has 7 nitrogen and oxygen atoms in total. The minimum absolute atomic E-state index is 0.320. The van der Waals surface area contributed by atoms with Crippen molar-refractivity contribution in [3.05, 3.63) is 70.3 Å². The second kappa shape index (κ2) is 11.5. The Labute approximate surface area is 185 Å². The molecule has 0 unspecified atom stereocenters. The summed E-state index contributed by atoms with van der Waals surface area (Å²) in [6, 6.07) is 13.0. The van der Waals surface area contributed by atoms with Gasteiger partial charge in [0, 0.05) is 24.1 Å². The summed E-state index contributed by atoms with van der Waals surface area (Å²) < 4.78 is 11.3.